The Balaban J connectivity index is 2.29. The van der Waals surface area contributed by atoms with Crippen molar-refractivity contribution in [1.82, 2.24) is 5.32 Å². The number of aliphatic hydroxyl groups excluding tert-OH is 1. The molecule has 0 aliphatic rings. The van der Waals surface area contributed by atoms with Crippen LogP contribution in [-0.2, 0) is 6.54 Å². The van der Waals surface area contributed by atoms with E-state index in [1.54, 1.807) is 0 Å². The fourth-order valence-electron chi connectivity index (χ4n) is 1.64. The zero-order chi connectivity index (χ0) is 12.0. The van der Waals surface area contributed by atoms with Gasteiger partial charge in [-0.1, -0.05) is 13.3 Å². The van der Waals surface area contributed by atoms with E-state index in [1.165, 1.54) is 14.2 Å². The Morgan fingerprint density at radius 2 is 2.31 bits per heavy atom. The number of thiophene rings is 1. The number of aryl methyl sites for hydroxylation is 1. The third-order valence-electron chi connectivity index (χ3n) is 2.76. The minimum atomic E-state index is 0.295. The number of rotatable bonds is 7. The topological polar surface area (TPSA) is 32.3 Å². The molecule has 1 aromatic rings. The maximum Gasteiger partial charge on any atom is 0.0434 e. The van der Waals surface area contributed by atoms with E-state index in [1.807, 2.05) is 11.3 Å². The zero-order valence-corrected chi connectivity index (χ0v) is 12.3. The quantitative estimate of drug-likeness (QED) is 0.810. The molecule has 1 aromatic heterocycles. The molecular weight excluding hydrogens is 286 g/mol. The zero-order valence-electron chi connectivity index (χ0n) is 9.92. The molecule has 0 aliphatic carbocycles. The maximum absolute atomic E-state index is 8.89. The van der Waals surface area contributed by atoms with E-state index in [4.69, 9.17) is 5.11 Å². The molecule has 0 spiro atoms. The van der Waals surface area contributed by atoms with Gasteiger partial charge in [0, 0.05) is 27.4 Å². The minimum absolute atomic E-state index is 0.295. The van der Waals surface area contributed by atoms with Gasteiger partial charge in [-0.25, -0.2) is 0 Å². The van der Waals surface area contributed by atoms with E-state index in [-0.39, 0.29) is 0 Å². The molecule has 0 bridgehead atoms. The second-order valence-corrected chi connectivity index (χ2v) is 6.23. The van der Waals surface area contributed by atoms with Crippen molar-refractivity contribution >= 4 is 27.3 Å². The summed E-state index contributed by atoms with van der Waals surface area (Å²) in [5.41, 5.74) is 0. The first-order valence-corrected chi connectivity index (χ1v) is 7.34. The van der Waals surface area contributed by atoms with Crippen molar-refractivity contribution in [2.45, 2.75) is 33.2 Å². The molecule has 4 heteroatoms. The lowest BCUT2D eigenvalue weighted by Gasteiger charge is -2.13. The second kappa shape index (κ2) is 7.43. The fraction of sp³-hybridized carbons (Fsp3) is 0.667. The number of nitrogens with one attached hydrogen (secondary N) is 1. The van der Waals surface area contributed by atoms with Crippen LogP contribution in [0.25, 0.3) is 0 Å². The van der Waals surface area contributed by atoms with Crippen LogP contribution < -0.4 is 5.32 Å². The van der Waals surface area contributed by atoms with E-state index in [2.05, 4.69) is 41.2 Å². The Bertz CT molecular complexity index is 294. The van der Waals surface area contributed by atoms with Gasteiger partial charge in [0.2, 0.25) is 0 Å². The highest BCUT2D eigenvalue weighted by Crippen LogP contribution is 2.26. The molecule has 92 valence electrons. The summed E-state index contributed by atoms with van der Waals surface area (Å²) in [6, 6.07) is 2.18. The van der Waals surface area contributed by atoms with Crippen molar-refractivity contribution in [3.63, 3.8) is 0 Å². The summed E-state index contributed by atoms with van der Waals surface area (Å²) in [7, 11) is 0. The third kappa shape index (κ3) is 4.53. The Morgan fingerprint density at radius 3 is 2.81 bits per heavy atom. The summed E-state index contributed by atoms with van der Waals surface area (Å²) in [4.78, 5) is 2.70. The largest absolute Gasteiger partial charge is 0.396 e. The van der Waals surface area contributed by atoms with Gasteiger partial charge in [0.1, 0.15) is 0 Å². The van der Waals surface area contributed by atoms with E-state index >= 15 is 0 Å². The summed E-state index contributed by atoms with van der Waals surface area (Å²) < 4.78 is 1.21. The van der Waals surface area contributed by atoms with Crippen molar-refractivity contribution in [2.75, 3.05) is 13.2 Å². The van der Waals surface area contributed by atoms with E-state index in [0.717, 1.165) is 25.9 Å². The summed E-state index contributed by atoms with van der Waals surface area (Å²) in [6.45, 7) is 6.52. The molecule has 0 amide bonds. The SMILES string of the molecule is CCC(CCO)CNCc1cc(Br)c(C)s1. The van der Waals surface area contributed by atoms with Crippen molar-refractivity contribution in [2.24, 2.45) is 5.92 Å². The number of halogens is 1. The van der Waals surface area contributed by atoms with Crippen LogP contribution in [0.15, 0.2) is 10.5 Å². The van der Waals surface area contributed by atoms with Gasteiger partial charge in [-0.2, -0.15) is 0 Å². The summed E-state index contributed by atoms with van der Waals surface area (Å²) >= 11 is 5.35. The third-order valence-corrected chi connectivity index (χ3v) is 4.89. The Hall–Kier alpha value is 0.1000. The van der Waals surface area contributed by atoms with Crippen LogP contribution in [0, 0.1) is 12.8 Å². The first kappa shape index (κ1) is 14.2. The lowest BCUT2D eigenvalue weighted by Crippen LogP contribution is -2.22. The molecule has 0 radical (unpaired) electrons. The van der Waals surface area contributed by atoms with Gasteiger partial charge in [0.25, 0.3) is 0 Å². The van der Waals surface area contributed by atoms with Gasteiger partial charge in [-0.3, -0.25) is 0 Å². The standard InChI is InChI=1S/C12H20BrNOS/c1-3-10(4-5-15)7-14-8-11-6-12(13)9(2)16-11/h6,10,14-15H,3-5,7-8H2,1-2H3. The van der Waals surface area contributed by atoms with Crippen molar-refractivity contribution in [1.29, 1.82) is 0 Å². The summed E-state index contributed by atoms with van der Waals surface area (Å²) in [5, 5.41) is 12.3. The molecule has 2 nitrogen and oxygen atoms in total. The molecule has 2 N–H and O–H groups in total. The van der Waals surface area contributed by atoms with Crippen LogP contribution in [0.3, 0.4) is 0 Å². The van der Waals surface area contributed by atoms with Crippen LogP contribution >= 0.6 is 27.3 Å². The highest BCUT2D eigenvalue weighted by molar-refractivity contribution is 9.10. The predicted molar refractivity (Wildman–Crippen MR) is 73.9 cm³/mol. The lowest BCUT2D eigenvalue weighted by molar-refractivity contribution is 0.251. The highest BCUT2D eigenvalue weighted by atomic mass is 79.9. The molecule has 1 unspecified atom stereocenters. The minimum Gasteiger partial charge on any atom is -0.396 e. The maximum atomic E-state index is 8.89. The van der Waals surface area contributed by atoms with Crippen LogP contribution in [0.5, 0.6) is 0 Å². The van der Waals surface area contributed by atoms with Crippen molar-refractivity contribution in [3.8, 4) is 0 Å². The average molecular weight is 306 g/mol. The molecule has 1 heterocycles. The monoisotopic (exact) mass is 305 g/mol. The highest BCUT2D eigenvalue weighted by Gasteiger charge is 2.06. The predicted octanol–water partition coefficient (Wildman–Crippen LogP) is 3.32. The summed E-state index contributed by atoms with van der Waals surface area (Å²) in [5.74, 6) is 0.592. The van der Waals surface area contributed by atoms with Gasteiger partial charge in [0.15, 0.2) is 0 Å². The molecule has 16 heavy (non-hydrogen) atoms. The van der Waals surface area contributed by atoms with E-state index in [9.17, 15) is 0 Å². The average Bonchev–Trinajstić information content (AvgIpc) is 2.57. The second-order valence-electron chi connectivity index (χ2n) is 4.03. The van der Waals surface area contributed by atoms with Gasteiger partial charge in [-0.15, -0.1) is 11.3 Å². The first-order valence-electron chi connectivity index (χ1n) is 5.73. The van der Waals surface area contributed by atoms with Gasteiger partial charge >= 0.3 is 0 Å². The van der Waals surface area contributed by atoms with Gasteiger partial charge in [0.05, 0.1) is 0 Å². The fourth-order valence-corrected chi connectivity index (χ4v) is 3.21. The van der Waals surface area contributed by atoms with E-state index < -0.39 is 0 Å². The Kier molecular flexibility index (Phi) is 6.58. The van der Waals surface area contributed by atoms with Crippen LogP contribution in [0.4, 0.5) is 0 Å². The molecule has 0 fully saturated rings. The molecule has 0 aromatic carbocycles. The van der Waals surface area contributed by atoms with Gasteiger partial charge < -0.3 is 10.4 Å². The van der Waals surface area contributed by atoms with Gasteiger partial charge in [-0.05, 0) is 47.8 Å². The van der Waals surface area contributed by atoms with Crippen LogP contribution in [0.1, 0.15) is 29.5 Å². The molecule has 0 saturated heterocycles. The lowest BCUT2D eigenvalue weighted by atomic mass is 10.0. The smallest absolute Gasteiger partial charge is 0.0434 e. The first-order chi connectivity index (χ1) is 7.67. The molecule has 0 aliphatic heterocycles. The molecule has 1 rings (SSSR count). The van der Waals surface area contributed by atoms with E-state index in [0.29, 0.717) is 12.5 Å². The normalized spacial score (nSPS) is 13.0. The van der Waals surface area contributed by atoms with Crippen LogP contribution in [-0.4, -0.2) is 18.3 Å². The van der Waals surface area contributed by atoms with Crippen molar-refractivity contribution in [3.05, 3.63) is 20.3 Å². The molecule has 0 saturated carbocycles. The number of hydrogen-bond acceptors (Lipinski definition) is 3. The molecule has 1 atom stereocenters. The Morgan fingerprint density at radius 1 is 1.56 bits per heavy atom. The van der Waals surface area contributed by atoms with Crippen LogP contribution in [0.2, 0.25) is 0 Å². The number of aliphatic hydroxyl groups is 1. The Labute approximate surface area is 110 Å². The summed E-state index contributed by atoms with van der Waals surface area (Å²) in [6.07, 6.45) is 2.03. The number of hydrogen-bond donors (Lipinski definition) is 2. The van der Waals surface area contributed by atoms with Crippen molar-refractivity contribution < 1.29 is 5.11 Å². The molecular formula is C12H20BrNOS.